The number of carbonyl (C=O) groups excluding carboxylic acids is 1. The number of aromatic nitrogens is 4. The number of nitrogen functional groups attached to an aromatic ring is 1. The second kappa shape index (κ2) is 11.2. The molecule has 0 unspecified atom stereocenters. The van der Waals surface area contributed by atoms with Crippen molar-refractivity contribution in [1.29, 1.82) is 0 Å². The number of unbranched alkanes of at least 4 members (excludes halogenated alkanes) is 5. The van der Waals surface area contributed by atoms with Crippen LogP contribution in [-0.4, -0.2) is 60.0 Å². The molecule has 0 saturated carbocycles. The third-order valence-electron chi connectivity index (χ3n) is 5.79. The predicted molar refractivity (Wildman–Crippen MR) is 118 cm³/mol. The number of imidazole rings is 1. The van der Waals surface area contributed by atoms with Gasteiger partial charge in [0, 0.05) is 19.3 Å². The molecule has 3 atom stereocenters. The number of rotatable bonds is 12. The molecule has 0 aromatic carbocycles. The number of aliphatic hydroxyl groups is 1. The summed E-state index contributed by atoms with van der Waals surface area (Å²) in [7, 11) is 0. The number of hydrogen-bond acceptors (Lipinski definition) is 9. The first-order valence-corrected chi connectivity index (χ1v) is 11.1. The molecule has 0 bridgehead atoms. The van der Waals surface area contributed by atoms with E-state index < -0.39 is 42.6 Å². The molecule has 34 heavy (non-hydrogen) atoms. The maximum Gasteiger partial charge on any atom is 0.312 e. The third kappa shape index (κ3) is 5.78. The summed E-state index contributed by atoms with van der Waals surface area (Å²) in [6, 6.07) is 0. The highest BCUT2D eigenvalue weighted by Crippen LogP contribution is 2.39. The van der Waals surface area contributed by atoms with E-state index in [0.29, 0.717) is 12.8 Å². The lowest BCUT2D eigenvalue weighted by molar-refractivity contribution is -0.159. The molecule has 184 valence electrons. The van der Waals surface area contributed by atoms with Crippen molar-refractivity contribution in [2.24, 2.45) is 0 Å². The fourth-order valence-electron chi connectivity index (χ4n) is 3.96. The standard InChI is InChI=1S/C22H28FN5O6/c1-2-22(12-29)14(33-17(32)10-8-6-4-3-5-7-9-16(30)31)11-15(34-22)28-13-25-18-19(24)26-21(23)27-20(18)28/h1,13-15,29H,3-12H2,(H,30,31)(H2,24,26,27)/t14-,15+,22+/m0/s1. The second-order valence-corrected chi connectivity index (χ2v) is 8.20. The van der Waals surface area contributed by atoms with Crippen molar-refractivity contribution in [2.75, 3.05) is 12.3 Å². The fraction of sp³-hybridized carbons (Fsp3) is 0.591. The summed E-state index contributed by atoms with van der Waals surface area (Å²) in [6.45, 7) is -0.591. The number of fused-ring (bicyclic) bond motifs is 1. The average molecular weight is 477 g/mol. The van der Waals surface area contributed by atoms with Gasteiger partial charge in [-0.1, -0.05) is 31.6 Å². The van der Waals surface area contributed by atoms with Gasteiger partial charge in [-0.2, -0.15) is 14.4 Å². The van der Waals surface area contributed by atoms with Crippen molar-refractivity contribution in [3.63, 3.8) is 0 Å². The van der Waals surface area contributed by atoms with Crippen LogP contribution in [0.3, 0.4) is 0 Å². The van der Waals surface area contributed by atoms with Crippen LogP contribution >= 0.6 is 0 Å². The lowest BCUT2D eigenvalue weighted by Crippen LogP contribution is -2.44. The number of carboxylic acids is 1. The van der Waals surface area contributed by atoms with Crippen LogP contribution in [0.15, 0.2) is 6.33 Å². The van der Waals surface area contributed by atoms with Crippen LogP contribution in [0.1, 0.15) is 64.0 Å². The number of halogens is 1. The van der Waals surface area contributed by atoms with E-state index in [1.165, 1.54) is 10.9 Å². The fourth-order valence-corrected chi connectivity index (χ4v) is 3.96. The zero-order valence-corrected chi connectivity index (χ0v) is 18.7. The Hall–Kier alpha value is -3.30. The Kier molecular flexibility index (Phi) is 8.36. The molecule has 0 spiro atoms. The lowest BCUT2D eigenvalue weighted by atomic mass is 9.98. The Morgan fingerprint density at radius 2 is 1.94 bits per heavy atom. The topological polar surface area (TPSA) is 163 Å². The molecule has 0 radical (unpaired) electrons. The molecule has 3 rings (SSSR count). The van der Waals surface area contributed by atoms with Crippen LogP contribution in [0.2, 0.25) is 0 Å². The number of terminal acetylenes is 1. The number of esters is 1. The average Bonchev–Trinajstić information content (AvgIpc) is 3.37. The molecule has 1 saturated heterocycles. The van der Waals surface area contributed by atoms with E-state index >= 15 is 0 Å². The summed E-state index contributed by atoms with van der Waals surface area (Å²) < 4.78 is 26.6. The van der Waals surface area contributed by atoms with E-state index in [0.717, 1.165) is 25.7 Å². The zero-order chi connectivity index (χ0) is 24.7. The first kappa shape index (κ1) is 25.3. The molecule has 2 aromatic rings. The van der Waals surface area contributed by atoms with Gasteiger partial charge >= 0.3 is 18.0 Å². The number of nitrogens with zero attached hydrogens (tertiary/aromatic N) is 4. The molecule has 1 fully saturated rings. The van der Waals surface area contributed by atoms with Crippen LogP contribution in [0.4, 0.5) is 10.2 Å². The van der Waals surface area contributed by atoms with Crippen molar-refractivity contribution < 1.29 is 33.7 Å². The first-order chi connectivity index (χ1) is 16.3. The number of hydrogen-bond donors (Lipinski definition) is 3. The van der Waals surface area contributed by atoms with Gasteiger partial charge in [-0.25, -0.2) is 4.98 Å². The molecular formula is C22H28FN5O6. The van der Waals surface area contributed by atoms with Crippen molar-refractivity contribution >= 4 is 28.9 Å². The Morgan fingerprint density at radius 1 is 1.26 bits per heavy atom. The van der Waals surface area contributed by atoms with E-state index in [9.17, 15) is 19.1 Å². The minimum Gasteiger partial charge on any atom is -0.481 e. The van der Waals surface area contributed by atoms with Gasteiger partial charge in [-0.15, -0.1) is 6.42 Å². The minimum atomic E-state index is -1.57. The number of aliphatic carboxylic acids is 1. The molecule has 1 aliphatic rings. The van der Waals surface area contributed by atoms with Gasteiger partial charge in [0.05, 0.1) is 12.9 Å². The molecule has 2 aromatic heterocycles. The van der Waals surface area contributed by atoms with Crippen LogP contribution < -0.4 is 5.73 Å². The Bertz CT molecular complexity index is 1070. The molecule has 4 N–H and O–H groups in total. The molecule has 11 nitrogen and oxygen atoms in total. The number of carbonyl (C=O) groups is 2. The smallest absolute Gasteiger partial charge is 0.312 e. The molecular weight excluding hydrogens is 449 g/mol. The Labute approximate surface area is 195 Å². The number of carboxylic acid groups (broad SMARTS) is 1. The number of aliphatic hydroxyl groups excluding tert-OH is 1. The maximum atomic E-state index is 13.7. The SMILES string of the molecule is C#C[C@]1(CO)O[C@@H](n2cnc3c(N)nc(F)nc32)C[C@@H]1OC(=O)CCCCCCCCC(=O)O. The quantitative estimate of drug-likeness (QED) is 0.178. The van der Waals surface area contributed by atoms with Gasteiger partial charge in [0.15, 0.2) is 22.6 Å². The third-order valence-corrected chi connectivity index (χ3v) is 5.79. The summed E-state index contributed by atoms with van der Waals surface area (Å²) in [4.78, 5) is 34.2. The second-order valence-electron chi connectivity index (χ2n) is 8.20. The Morgan fingerprint density at radius 3 is 2.59 bits per heavy atom. The van der Waals surface area contributed by atoms with Crippen LogP contribution in [0.5, 0.6) is 0 Å². The summed E-state index contributed by atoms with van der Waals surface area (Å²) in [5.74, 6) is 0.998. The zero-order valence-electron chi connectivity index (χ0n) is 18.7. The van der Waals surface area contributed by atoms with Crippen LogP contribution in [0, 0.1) is 18.4 Å². The summed E-state index contributed by atoms with van der Waals surface area (Å²) in [5.41, 5.74) is 4.40. The predicted octanol–water partition coefficient (Wildman–Crippen LogP) is 1.95. The highest BCUT2D eigenvalue weighted by atomic mass is 19.1. The normalized spacial score (nSPS) is 22.0. The minimum absolute atomic E-state index is 0.0918. The van der Waals surface area contributed by atoms with Crippen LogP contribution in [0.25, 0.3) is 11.2 Å². The molecule has 3 heterocycles. The van der Waals surface area contributed by atoms with Gasteiger partial charge in [0.1, 0.15) is 12.3 Å². The summed E-state index contributed by atoms with van der Waals surface area (Å²) in [6.07, 6.45) is 9.31. The van der Waals surface area contributed by atoms with Crippen molar-refractivity contribution in [3.8, 4) is 12.3 Å². The van der Waals surface area contributed by atoms with Gasteiger partial charge < -0.3 is 25.4 Å². The highest BCUT2D eigenvalue weighted by molar-refractivity contribution is 5.81. The van der Waals surface area contributed by atoms with Gasteiger partial charge in [-0.3, -0.25) is 14.2 Å². The molecule has 12 heteroatoms. The number of nitrogens with two attached hydrogens (primary N) is 1. The lowest BCUT2D eigenvalue weighted by Gasteiger charge is -2.26. The van der Waals surface area contributed by atoms with Gasteiger partial charge in [0.2, 0.25) is 0 Å². The van der Waals surface area contributed by atoms with E-state index in [1.807, 2.05) is 0 Å². The number of ether oxygens (including phenoxy) is 2. The van der Waals surface area contributed by atoms with E-state index in [4.69, 9.17) is 26.7 Å². The molecule has 1 aliphatic heterocycles. The first-order valence-electron chi connectivity index (χ1n) is 11.1. The van der Waals surface area contributed by atoms with Gasteiger partial charge in [0.25, 0.3) is 0 Å². The van der Waals surface area contributed by atoms with Crippen molar-refractivity contribution in [2.45, 2.75) is 75.7 Å². The maximum absolute atomic E-state index is 13.7. The van der Waals surface area contributed by atoms with E-state index in [-0.39, 0.29) is 36.2 Å². The van der Waals surface area contributed by atoms with Crippen LogP contribution in [-0.2, 0) is 19.1 Å². The van der Waals surface area contributed by atoms with E-state index in [1.54, 1.807) is 0 Å². The monoisotopic (exact) mass is 477 g/mol. The summed E-state index contributed by atoms with van der Waals surface area (Å²) in [5, 5.41) is 18.6. The molecule has 0 aliphatic carbocycles. The molecule has 0 amide bonds. The van der Waals surface area contributed by atoms with E-state index in [2.05, 4.69) is 20.9 Å². The van der Waals surface area contributed by atoms with Crippen molar-refractivity contribution in [3.05, 3.63) is 12.4 Å². The highest BCUT2D eigenvalue weighted by Gasteiger charge is 2.51. The van der Waals surface area contributed by atoms with Crippen molar-refractivity contribution in [1.82, 2.24) is 19.5 Å². The summed E-state index contributed by atoms with van der Waals surface area (Å²) >= 11 is 0. The van der Waals surface area contributed by atoms with Gasteiger partial charge in [-0.05, 0) is 12.8 Å². The Balaban J connectivity index is 1.56. The number of anilines is 1. The largest absolute Gasteiger partial charge is 0.481 e.